The number of rotatable bonds is 3. The van der Waals surface area contributed by atoms with Crippen molar-refractivity contribution in [1.29, 1.82) is 0 Å². The highest BCUT2D eigenvalue weighted by atomic mass is 16.5. The topological polar surface area (TPSA) is 63.0 Å². The molecule has 0 saturated carbocycles. The van der Waals surface area contributed by atoms with E-state index in [2.05, 4.69) is 0 Å². The van der Waals surface area contributed by atoms with Crippen LogP contribution in [0.15, 0.2) is 42.2 Å². The van der Waals surface area contributed by atoms with Crippen molar-refractivity contribution >= 4 is 11.9 Å². The van der Waals surface area contributed by atoms with E-state index in [1.54, 1.807) is 12.1 Å². The van der Waals surface area contributed by atoms with Gasteiger partial charge in [0.15, 0.2) is 5.76 Å². The maximum atomic E-state index is 12.7. The fourth-order valence-electron chi connectivity index (χ4n) is 3.43. The Labute approximate surface area is 152 Å². The van der Waals surface area contributed by atoms with Crippen molar-refractivity contribution < 1.29 is 24.3 Å². The molecule has 0 radical (unpaired) electrons. The molecule has 2 aromatic carbocycles. The van der Waals surface area contributed by atoms with Gasteiger partial charge in [-0.25, -0.2) is 0 Å². The molecule has 2 aromatic rings. The van der Waals surface area contributed by atoms with Crippen LogP contribution in [0, 0.1) is 6.92 Å². The van der Waals surface area contributed by atoms with E-state index in [0.717, 1.165) is 24.2 Å². The molecule has 0 aromatic heterocycles. The number of hydrogen-bond acceptors (Lipinski definition) is 4. The minimum atomic E-state index is -0.165. The molecule has 0 aliphatic carbocycles. The smallest absolute Gasteiger partial charge is 0.231 e. The summed E-state index contributed by atoms with van der Waals surface area (Å²) in [7, 11) is 0. The predicted molar refractivity (Wildman–Crippen MR) is 95.2 cm³/mol. The van der Waals surface area contributed by atoms with Crippen LogP contribution in [0.4, 0.5) is 0 Å². The number of allylic oxidation sites excluding steroid dienone is 1. The molecule has 0 atom stereocenters. The predicted octanol–water partition coefficient (Wildman–Crippen LogP) is 1.10. The first-order chi connectivity index (χ1) is 12.6. The molecule has 2 aliphatic heterocycles. The normalized spacial score (nSPS) is 18.8. The van der Waals surface area contributed by atoms with Gasteiger partial charge in [-0.1, -0.05) is 36.1 Å². The van der Waals surface area contributed by atoms with Crippen molar-refractivity contribution in [3.05, 3.63) is 64.4 Å². The first-order valence-corrected chi connectivity index (χ1v) is 8.87. The highest BCUT2D eigenvalue weighted by molar-refractivity contribution is 6.15. The summed E-state index contributed by atoms with van der Waals surface area (Å²) in [5, 5.41) is 12.4. The molecule has 5 nitrogen and oxygen atoms in total. The Morgan fingerprint density at radius 1 is 1.15 bits per heavy atom. The van der Waals surface area contributed by atoms with Gasteiger partial charge in [-0.15, -0.1) is 0 Å². The summed E-state index contributed by atoms with van der Waals surface area (Å²) in [4.78, 5) is 14.0. The molecule has 0 bridgehead atoms. The number of morpholine rings is 1. The molecule has 1 N–H and O–H groups in total. The second kappa shape index (κ2) is 6.94. The van der Waals surface area contributed by atoms with Crippen molar-refractivity contribution in [3.8, 4) is 11.5 Å². The van der Waals surface area contributed by atoms with Crippen LogP contribution in [-0.2, 0) is 11.3 Å². The Hall–Kier alpha value is -2.63. The number of ether oxygens (including phenoxy) is 2. The fourth-order valence-corrected chi connectivity index (χ4v) is 3.43. The van der Waals surface area contributed by atoms with Crippen LogP contribution in [0.3, 0.4) is 0 Å². The van der Waals surface area contributed by atoms with E-state index in [1.807, 2.05) is 31.2 Å². The molecule has 5 heteroatoms. The number of carbonyl (C=O) groups excluding carboxylic acids is 1. The van der Waals surface area contributed by atoms with Crippen LogP contribution in [-0.4, -0.2) is 32.1 Å². The van der Waals surface area contributed by atoms with Gasteiger partial charge >= 0.3 is 0 Å². The fraction of sp³-hybridized carbons (Fsp3) is 0.286. The summed E-state index contributed by atoms with van der Waals surface area (Å²) in [5.74, 6) is 0.466. The third-order valence-electron chi connectivity index (χ3n) is 5.00. The van der Waals surface area contributed by atoms with Gasteiger partial charge in [-0.05, 0) is 30.2 Å². The van der Waals surface area contributed by atoms with Crippen LogP contribution in [0.25, 0.3) is 6.08 Å². The largest absolute Gasteiger partial charge is 0.872 e. The Bertz CT molecular complexity index is 882. The number of aryl methyl sites for hydroxylation is 1. The van der Waals surface area contributed by atoms with Gasteiger partial charge in [0.1, 0.15) is 25.4 Å². The lowest BCUT2D eigenvalue weighted by molar-refractivity contribution is -0.921. The van der Waals surface area contributed by atoms with Gasteiger partial charge in [0.25, 0.3) is 0 Å². The zero-order chi connectivity index (χ0) is 18.1. The van der Waals surface area contributed by atoms with Gasteiger partial charge in [0.05, 0.1) is 18.8 Å². The molecule has 0 amide bonds. The molecule has 2 heterocycles. The van der Waals surface area contributed by atoms with Crippen LogP contribution < -0.4 is 14.7 Å². The van der Waals surface area contributed by atoms with E-state index in [4.69, 9.17) is 9.47 Å². The summed E-state index contributed by atoms with van der Waals surface area (Å²) in [6, 6.07) is 10.9. The van der Waals surface area contributed by atoms with Crippen LogP contribution in [0.2, 0.25) is 0 Å². The van der Waals surface area contributed by atoms with Gasteiger partial charge in [0, 0.05) is 5.56 Å². The number of nitrogens with one attached hydrogen (secondary N) is 1. The summed E-state index contributed by atoms with van der Waals surface area (Å²) >= 11 is 0. The number of Topliss-reactive ketones (excluding diaryl/α,β-unsaturated/α-hetero) is 1. The van der Waals surface area contributed by atoms with Gasteiger partial charge in [-0.2, -0.15) is 0 Å². The molecule has 134 valence electrons. The molecule has 2 aliphatic rings. The Morgan fingerprint density at radius 3 is 2.69 bits per heavy atom. The monoisotopic (exact) mass is 351 g/mol. The average Bonchev–Trinajstić information content (AvgIpc) is 2.96. The summed E-state index contributed by atoms with van der Waals surface area (Å²) in [5.41, 5.74) is 3.06. The molecule has 1 saturated heterocycles. The van der Waals surface area contributed by atoms with Crippen molar-refractivity contribution in [1.82, 2.24) is 0 Å². The van der Waals surface area contributed by atoms with Crippen molar-refractivity contribution in [2.45, 2.75) is 13.5 Å². The van der Waals surface area contributed by atoms with E-state index in [0.29, 0.717) is 36.6 Å². The molecular weight excluding hydrogens is 330 g/mol. The number of quaternary nitrogens is 1. The summed E-state index contributed by atoms with van der Waals surface area (Å²) in [6.45, 7) is 5.62. The summed E-state index contributed by atoms with van der Waals surface area (Å²) in [6.07, 6.45) is 1.76. The van der Waals surface area contributed by atoms with E-state index in [1.165, 1.54) is 11.0 Å². The van der Waals surface area contributed by atoms with Gasteiger partial charge in [0.2, 0.25) is 5.78 Å². The Balaban J connectivity index is 1.67. The van der Waals surface area contributed by atoms with E-state index < -0.39 is 0 Å². The second-order valence-electron chi connectivity index (χ2n) is 6.75. The highest BCUT2D eigenvalue weighted by Gasteiger charge is 2.31. The number of fused-ring (bicyclic) bond motifs is 1. The molecular formula is C21H21NO4. The summed E-state index contributed by atoms with van der Waals surface area (Å²) < 4.78 is 11.3. The van der Waals surface area contributed by atoms with Crippen molar-refractivity contribution in [2.24, 2.45) is 0 Å². The molecule has 0 spiro atoms. The molecule has 26 heavy (non-hydrogen) atoms. The van der Waals surface area contributed by atoms with Gasteiger partial charge < -0.3 is 19.5 Å². The lowest BCUT2D eigenvalue weighted by Crippen LogP contribution is -3.12. The highest BCUT2D eigenvalue weighted by Crippen LogP contribution is 2.38. The third-order valence-corrected chi connectivity index (χ3v) is 5.00. The van der Waals surface area contributed by atoms with Crippen molar-refractivity contribution in [3.63, 3.8) is 0 Å². The Morgan fingerprint density at radius 2 is 1.92 bits per heavy atom. The number of benzene rings is 2. The van der Waals surface area contributed by atoms with E-state index in [9.17, 15) is 9.90 Å². The maximum absolute atomic E-state index is 12.7. The quantitative estimate of drug-likeness (QED) is 0.842. The molecule has 4 rings (SSSR count). The molecule has 1 fully saturated rings. The maximum Gasteiger partial charge on any atom is 0.231 e. The number of ketones is 1. The Kier molecular flexibility index (Phi) is 4.49. The van der Waals surface area contributed by atoms with E-state index in [-0.39, 0.29) is 17.3 Å². The molecule has 0 unspecified atom stereocenters. The number of hydrogen-bond donors (Lipinski definition) is 1. The van der Waals surface area contributed by atoms with Crippen LogP contribution in [0.5, 0.6) is 11.5 Å². The lowest BCUT2D eigenvalue weighted by atomic mass is 10.0. The SMILES string of the molecule is Cc1ccccc1/C=C1\Oc2c(ccc([O-])c2C[NH+]2CCOCC2)C1=O. The number of carbonyl (C=O) groups is 1. The van der Waals surface area contributed by atoms with Gasteiger partial charge in [-0.3, -0.25) is 4.79 Å². The van der Waals surface area contributed by atoms with E-state index >= 15 is 0 Å². The first kappa shape index (κ1) is 16.8. The third kappa shape index (κ3) is 3.11. The van der Waals surface area contributed by atoms with Crippen molar-refractivity contribution in [2.75, 3.05) is 26.3 Å². The van der Waals surface area contributed by atoms with Crippen LogP contribution >= 0.6 is 0 Å². The lowest BCUT2D eigenvalue weighted by Gasteiger charge is -2.26. The zero-order valence-electron chi connectivity index (χ0n) is 14.7. The standard InChI is InChI=1S/C21H21NO4/c1-14-4-2-3-5-15(14)12-19-20(24)16-6-7-18(23)17(21(16)26-19)13-22-8-10-25-11-9-22/h2-7,12,23H,8-11,13H2,1H3/b19-12-. The van der Waals surface area contributed by atoms with Crippen LogP contribution in [0.1, 0.15) is 27.0 Å². The zero-order valence-corrected chi connectivity index (χ0v) is 14.7. The average molecular weight is 351 g/mol. The first-order valence-electron chi connectivity index (χ1n) is 8.87. The minimum Gasteiger partial charge on any atom is -0.872 e. The second-order valence-corrected chi connectivity index (χ2v) is 6.75. The minimum absolute atomic E-state index is 0.0762.